The van der Waals surface area contributed by atoms with Gasteiger partial charge in [0.15, 0.2) is 5.78 Å². The van der Waals surface area contributed by atoms with E-state index in [-0.39, 0.29) is 5.78 Å². The molecule has 3 aromatic rings. The molecular formula is C17H15N3O. The van der Waals surface area contributed by atoms with E-state index < -0.39 is 0 Å². The van der Waals surface area contributed by atoms with Crippen molar-refractivity contribution in [3.63, 3.8) is 0 Å². The molecule has 0 spiro atoms. The van der Waals surface area contributed by atoms with Gasteiger partial charge in [0.05, 0.1) is 11.2 Å². The molecule has 1 heterocycles. The third kappa shape index (κ3) is 2.56. The van der Waals surface area contributed by atoms with Crippen LogP contribution >= 0.6 is 0 Å². The molecule has 0 saturated carbocycles. The summed E-state index contributed by atoms with van der Waals surface area (Å²) >= 11 is 0. The summed E-state index contributed by atoms with van der Waals surface area (Å²) in [5, 5.41) is 4.37. The van der Waals surface area contributed by atoms with Crippen molar-refractivity contribution in [1.29, 1.82) is 0 Å². The van der Waals surface area contributed by atoms with Crippen LogP contribution in [0.2, 0.25) is 0 Å². The molecule has 1 aromatic heterocycles. The maximum absolute atomic E-state index is 11.4. The molecule has 0 radical (unpaired) electrons. The fourth-order valence-corrected chi connectivity index (χ4v) is 2.32. The average Bonchev–Trinajstić information content (AvgIpc) is 2.47. The van der Waals surface area contributed by atoms with E-state index in [0.29, 0.717) is 11.3 Å². The zero-order valence-corrected chi connectivity index (χ0v) is 11.6. The summed E-state index contributed by atoms with van der Waals surface area (Å²) in [4.78, 5) is 15.8. The van der Waals surface area contributed by atoms with E-state index >= 15 is 0 Å². The number of nitrogens with one attached hydrogen (secondary N) is 1. The number of carbonyl (C=O) groups is 1. The zero-order chi connectivity index (χ0) is 14.8. The highest BCUT2D eigenvalue weighted by Crippen LogP contribution is 2.26. The lowest BCUT2D eigenvalue weighted by atomic mass is 10.1. The zero-order valence-electron chi connectivity index (χ0n) is 11.6. The Balaban J connectivity index is 1.99. The largest absolute Gasteiger partial charge is 0.398 e. The Morgan fingerprint density at radius 1 is 1.14 bits per heavy atom. The first-order chi connectivity index (χ1) is 10.1. The van der Waals surface area contributed by atoms with Gasteiger partial charge in [-0.2, -0.15) is 0 Å². The molecule has 0 saturated heterocycles. The Hall–Kier alpha value is -2.88. The van der Waals surface area contributed by atoms with E-state index in [9.17, 15) is 4.79 Å². The monoisotopic (exact) mass is 277 g/mol. The van der Waals surface area contributed by atoms with Crippen LogP contribution in [-0.2, 0) is 0 Å². The Morgan fingerprint density at radius 2 is 1.95 bits per heavy atom. The third-order valence-corrected chi connectivity index (χ3v) is 3.34. The molecule has 0 amide bonds. The number of benzene rings is 2. The van der Waals surface area contributed by atoms with Crippen LogP contribution in [0.3, 0.4) is 0 Å². The number of aromatic nitrogens is 1. The van der Waals surface area contributed by atoms with E-state index in [1.54, 1.807) is 18.3 Å². The minimum atomic E-state index is -0.0362. The number of rotatable bonds is 3. The Bertz CT molecular complexity index is 822. The van der Waals surface area contributed by atoms with Gasteiger partial charge in [-0.15, -0.1) is 0 Å². The number of anilines is 3. The first kappa shape index (κ1) is 13.1. The normalized spacial score (nSPS) is 10.5. The molecule has 0 aliphatic rings. The van der Waals surface area contributed by atoms with Crippen LogP contribution in [0.5, 0.6) is 0 Å². The highest BCUT2D eigenvalue weighted by Gasteiger charge is 2.07. The smallest absolute Gasteiger partial charge is 0.161 e. The number of fused-ring (bicyclic) bond motifs is 1. The van der Waals surface area contributed by atoms with Crippen molar-refractivity contribution >= 4 is 33.7 Å². The molecule has 0 aliphatic heterocycles. The van der Waals surface area contributed by atoms with E-state index in [2.05, 4.69) is 10.3 Å². The number of nitrogen functional groups attached to an aromatic ring is 1. The van der Waals surface area contributed by atoms with E-state index in [4.69, 9.17) is 5.73 Å². The lowest BCUT2D eigenvalue weighted by Gasteiger charge is -2.11. The second kappa shape index (κ2) is 5.25. The summed E-state index contributed by atoms with van der Waals surface area (Å²) in [6, 6.07) is 15.2. The molecule has 4 heteroatoms. The van der Waals surface area contributed by atoms with Crippen molar-refractivity contribution in [3.8, 4) is 0 Å². The van der Waals surface area contributed by atoms with Gasteiger partial charge in [-0.3, -0.25) is 9.78 Å². The molecule has 0 bridgehead atoms. The Morgan fingerprint density at radius 3 is 2.71 bits per heavy atom. The van der Waals surface area contributed by atoms with Gasteiger partial charge in [0.2, 0.25) is 0 Å². The second-order valence-electron chi connectivity index (χ2n) is 4.86. The summed E-state index contributed by atoms with van der Waals surface area (Å²) in [5.74, 6) is -0.0362. The summed E-state index contributed by atoms with van der Waals surface area (Å²) in [7, 11) is 0. The third-order valence-electron chi connectivity index (χ3n) is 3.34. The van der Waals surface area contributed by atoms with Crippen LogP contribution in [0.1, 0.15) is 17.3 Å². The molecule has 0 atom stereocenters. The Kier molecular flexibility index (Phi) is 3.28. The molecule has 21 heavy (non-hydrogen) atoms. The number of carbonyl (C=O) groups excluding carboxylic acids is 1. The first-order valence-corrected chi connectivity index (χ1v) is 6.66. The summed E-state index contributed by atoms with van der Waals surface area (Å²) in [6.45, 7) is 1.51. The maximum atomic E-state index is 11.4. The van der Waals surface area contributed by atoms with Crippen molar-refractivity contribution < 1.29 is 4.79 Å². The van der Waals surface area contributed by atoms with E-state index in [1.165, 1.54) is 6.92 Å². The van der Waals surface area contributed by atoms with E-state index in [0.717, 1.165) is 22.3 Å². The van der Waals surface area contributed by atoms with Gasteiger partial charge in [0.25, 0.3) is 0 Å². The van der Waals surface area contributed by atoms with Crippen molar-refractivity contribution in [3.05, 3.63) is 60.3 Å². The fraction of sp³-hybridized carbons (Fsp3) is 0.0588. The molecule has 0 aliphatic carbocycles. The quantitative estimate of drug-likeness (QED) is 0.565. The second-order valence-corrected chi connectivity index (χ2v) is 4.86. The lowest BCUT2D eigenvalue weighted by Crippen LogP contribution is -2.01. The van der Waals surface area contributed by atoms with Crippen LogP contribution in [0, 0.1) is 0 Å². The minimum absolute atomic E-state index is 0.0362. The van der Waals surface area contributed by atoms with Crippen LogP contribution in [-0.4, -0.2) is 10.8 Å². The van der Waals surface area contributed by atoms with Gasteiger partial charge in [-0.1, -0.05) is 18.2 Å². The number of nitrogens with two attached hydrogens (primary N) is 1. The topological polar surface area (TPSA) is 68.0 Å². The predicted molar refractivity (Wildman–Crippen MR) is 85.9 cm³/mol. The molecule has 0 fully saturated rings. The van der Waals surface area contributed by atoms with Crippen LogP contribution in [0.15, 0.2) is 54.7 Å². The number of pyridine rings is 1. The summed E-state index contributed by atoms with van der Waals surface area (Å²) in [6.07, 6.45) is 1.76. The molecule has 104 valence electrons. The van der Waals surface area contributed by atoms with E-state index in [1.807, 2.05) is 36.4 Å². The predicted octanol–water partition coefficient (Wildman–Crippen LogP) is 3.76. The molecule has 0 unspecified atom stereocenters. The van der Waals surface area contributed by atoms with Crippen molar-refractivity contribution in [2.45, 2.75) is 6.92 Å². The summed E-state index contributed by atoms with van der Waals surface area (Å²) < 4.78 is 0. The number of ketones is 1. The van der Waals surface area contributed by atoms with Crippen molar-refractivity contribution in [2.75, 3.05) is 11.1 Å². The van der Waals surface area contributed by atoms with Gasteiger partial charge in [0, 0.05) is 28.5 Å². The first-order valence-electron chi connectivity index (χ1n) is 6.66. The van der Waals surface area contributed by atoms with Crippen LogP contribution in [0.25, 0.3) is 10.9 Å². The molecule has 3 N–H and O–H groups in total. The number of nitrogens with zero attached hydrogens (tertiary/aromatic N) is 1. The van der Waals surface area contributed by atoms with Gasteiger partial charge in [0.1, 0.15) is 0 Å². The standard InChI is InChI=1S/C17H15N3O/c1-11(21)14-8-7-13(10-15(14)18)20-16-6-2-4-12-5-3-9-19-17(12)16/h2-10,20H,18H2,1H3. The lowest BCUT2D eigenvalue weighted by molar-refractivity contribution is 0.101. The average molecular weight is 277 g/mol. The number of hydrogen-bond donors (Lipinski definition) is 2. The van der Waals surface area contributed by atoms with Gasteiger partial charge in [-0.25, -0.2) is 0 Å². The highest BCUT2D eigenvalue weighted by molar-refractivity contribution is 6.00. The van der Waals surface area contributed by atoms with Crippen molar-refractivity contribution in [1.82, 2.24) is 4.98 Å². The molecule has 3 rings (SSSR count). The minimum Gasteiger partial charge on any atom is -0.398 e. The van der Waals surface area contributed by atoms with Crippen LogP contribution in [0.4, 0.5) is 17.1 Å². The number of hydrogen-bond acceptors (Lipinski definition) is 4. The van der Waals surface area contributed by atoms with Crippen molar-refractivity contribution in [2.24, 2.45) is 0 Å². The number of Topliss-reactive ketones (excluding diaryl/α,β-unsaturated/α-hetero) is 1. The fourth-order valence-electron chi connectivity index (χ4n) is 2.32. The molecule has 2 aromatic carbocycles. The maximum Gasteiger partial charge on any atom is 0.161 e. The van der Waals surface area contributed by atoms with Gasteiger partial charge < -0.3 is 11.1 Å². The van der Waals surface area contributed by atoms with Crippen LogP contribution < -0.4 is 11.1 Å². The highest BCUT2D eigenvalue weighted by atomic mass is 16.1. The SMILES string of the molecule is CC(=O)c1ccc(Nc2cccc3cccnc23)cc1N. The number of para-hydroxylation sites is 1. The molecular weight excluding hydrogens is 262 g/mol. The Labute approximate surface area is 122 Å². The van der Waals surface area contributed by atoms with Gasteiger partial charge >= 0.3 is 0 Å². The summed E-state index contributed by atoms with van der Waals surface area (Å²) in [5.41, 5.74) is 9.56. The molecule has 4 nitrogen and oxygen atoms in total. The van der Waals surface area contributed by atoms with Gasteiger partial charge in [-0.05, 0) is 37.3 Å².